The van der Waals surface area contributed by atoms with Gasteiger partial charge in [0.25, 0.3) is 10.0 Å². The average Bonchev–Trinajstić information content (AvgIpc) is 3.52. The van der Waals surface area contributed by atoms with Gasteiger partial charge in [0.1, 0.15) is 24.1 Å². The van der Waals surface area contributed by atoms with E-state index in [1.54, 1.807) is 31.2 Å². The van der Waals surface area contributed by atoms with Crippen LogP contribution in [0.3, 0.4) is 0 Å². The molecule has 0 unspecified atom stereocenters. The lowest BCUT2D eigenvalue weighted by Gasteiger charge is -2.33. The monoisotopic (exact) mass is 671 g/mol. The minimum atomic E-state index is -4.26. The lowest BCUT2D eigenvalue weighted by Crippen LogP contribution is -2.52. The Bertz CT molecular complexity index is 1520. The number of anilines is 1. The molecule has 1 N–H and O–H groups in total. The normalized spacial score (nSPS) is 14.2. The van der Waals surface area contributed by atoms with Crippen LogP contribution >= 0.6 is 15.9 Å². The summed E-state index contributed by atoms with van der Waals surface area (Å²) in [6, 6.07) is 17.8. The van der Waals surface area contributed by atoms with E-state index in [1.165, 1.54) is 37.3 Å². The molecule has 0 aromatic heterocycles. The van der Waals surface area contributed by atoms with Crippen molar-refractivity contribution in [2.24, 2.45) is 0 Å². The zero-order chi connectivity index (χ0) is 31.1. The fourth-order valence-electron chi connectivity index (χ4n) is 5.10. The Morgan fingerprint density at radius 1 is 0.977 bits per heavy atom. The number of halogens is 1. The first-order chi connectivity index (χ1) is 20.5. The summed E-state index contributed by atoms with van der Waals surface area (Å²) >= 11 is 3.43. The van der Waals surface area contributed by atoms with Crippen molar-refractivity contribution in [2.45, 2.75) is 63.1 Å². The number of rotatable bonds is 12. The highest BCUT2D eigenvalue weighted by Gasteiger charge is 2.34. The summed E-state index contributed by atoms with van der Waals surface area (Å²) in [5.41, 5.74) is 1.83. The van der Waals surface area contributed by atoms with E-state index in [0.717, 1.165) is 45.6 Å². The number of hydrogen-bond donors (Lipinski definition) is 1. The first-order valence-electron chi connectivity index (χ1n) is 14.2. The number of methoxy groups -OCH3 is 2. The zero-order valence-electron chi connectivity index (χ0n) is 24.9. The number of carbonyl (C=O) groups excluding carboxylic acids is 2. The second-order valence-electron chi connectivity index (χ2n) is 10.7. The third-order valence-electron chi connectivity index (χ3n) is 7.68. The molecule has 0 aliphatic heterocycles. The van der Waals surface area contributed by atoms with Gasteiger partial charge in [-0.1, -0.05) is 58.6 Å². The summed E-state index contributed by atoms with van der Waals surface area (Å²) in [6.45, 7) is 3.07. The van der Waals surface area contributed by atoms with Crippen molar-refractivity contribution in [1.29, 1.82) is 0 Å². The van der Waals surface area contributed by atoms with Crippen molar-refractivity contribution in [1.82, 2.24) is 10.2 Å². The Kier molecular flexibility index (Phi) is 10.7. The predicted octanol–water partition coefficient (Wildman–Crippen LogP) is 5.45. The highest BCUT2D eigenvalue weighted by molar-refractivity contribution is 9.10. The number of nitrogens with one attached hydrogen (secondary N) is 1. The predicted molar refractivity (Wildman–Crippen MR) is 170 cm³/mol. The molecule has 230 valence electrons. The minimum absolute atomic E-state index is 0.0160. The number of benzene rings is 3. The van der Waals surface area contributed by atoms with E-state index in [0.29, 0.717) is 5.75 Å². The third-order valence-corrected chi connectivity index (χ3v) is 9.98. The Labute approximate surface area is 262 Å². The highest BCUT2D eigenvalue weighted by Crippen LogP contribution is 2.36. The largest absolute Gasteiger partial charge is 0.497 e. The summed E-state index contributed by atoms with van der Waals surface area (Å²) in [4.78, 5) is 29.1. The summed E-state index contributed by atoms with van der Waals surface area (Å²) in [5, 5.41) is 3.08. The van der Waals surface area contributed by atoms with E-state index in [-0.39, 0.29) is 34.8 Å². The van der Waals surface area contributed by atoms with E-state index >= 15 is 0 Å². The molecule has 1 saturated carbocycles. The van der Waals surface area contributed by atoms with Crippen LogP contribution in [0.25, 0.3) is 0 Å². The molecular formula is C32H38BrN3O6S. The van der Waals surface area contributed by atoms with Crippen LogP contribution < -0.4 is 19.1 Å². The molecule has 0 bridgehead atoms. The second kappa shape index (κ2) is 14.3. The molecule has 4 rings (SSSR count). The number of aryl methyl sites for hydroxylation is 1. The van der Waals surface area contributed by atoms with Crippen molar-refractivity contribution in [3.8, 4) is 11.5 Å². The van der Waals surface area contributed by atoms with Gasteiger partial charge in [-0.3, -0.25) is 13.9 Å². The van der Waals surface area contributed by atoms with Crippen LogP contribution in [0.5, 0.6) is 11.5 Å². The molecule has 43 heavy (non-hydrogen) atoms. The number of amides is 2. The maximum absolute atomic E-state index is 14.2. The summed E-state index contributed by atoms with van der Waals surface area (Å²) < 4.78 is 41.2. The summed E-state index contributed by atoms with van der Waals surface area (Å²) in [7, 11) is -1.35. The van der Waals surface area contributed by atoms with Gasteiger partial charge in [0, 0.05) is 23.1 Å². The fourth-order valence-corrected chi connectivity index (χ4v) is 6.78. The molecule has 1 aliphatic carbocycles. The Balaban J connectivity index is 1.75. The van der Waals surface area contributed by atoms with E-state index in [9.17, 15) is 18.0 Å². The minimum Gasteiger partial charge on any atom is -0.497 e. The Morgan fingerprint density at radius 3 is 2.23 bits per heavy atom. The standard InChI is InChI=1S/C32H38BrN3O6S/c1-22-9-16-28(17-10-22)43(39,40)36(29-19-27(41-3)15-18-30(29)42-4)21-31(37)35(20-24-11-13-25(33)14-12-24)23(2)32(38)34-26-7-5-6-8-26/h9-19,23,26H,5-8,20-21H2,1-4H3,(H,34,38)/t23-/m0/s1. The van der Waals surface area contributed by atoms with Crippen molar-refractivity contribution in [3.63, 3.8) is 0 Å². The molecule has 11 heteroatoms. The summed E-state index contributed by atoms with van der Waals surface area (Å²) in [5.74, 6) is -0.180. The van der Waals surface area contributed by atoms with E-state index < -0.39 is 28.5 Å². The molecule has 2 amide bonds. The van der Waals surface area contributed by atoms with Crippen LogP contribution in [-0.2, 0) is 26.2 Å². The molecule has 1 atom stereocenters. The van der Waals surface area contributed by atoms with Crippen LogP contribution in [0.1, 0.15) is 43.7 Å². The van der Waals surface area contributed by atoms with Crippen LogP contribution in [0.2, 0.25) is 0 Å². The highest BCUT2D eigenvalue weighted by atomic mass is 79.9. The quantitative estimate of drug-likeness (QED) is 0.275. The Hall–Kier alpha value is -3.57. The van der Waals surface area contributed by atoms with Crippen LogP contribution in [-0.4, -0.2) is 58.0 Å². The van der Waals surface area contributed by atoms with Crippen molar-refractivity contribution < 1.29 is 27.5 Å². The molecule has 1 fully saturated rings. The van der Waals surface area contributed by atoms with Gasteiger partial charge in [-0.05, 0) is 68.7 Å². The number of carbonyl (C=O) groups is 2. The van der Waals surface area contributed by atoms with Gasteiger partial charge in [0.2, 0.25) is 11.8 Å². The van der Waals surface area contributed by atoms with E-state index in [2.05, 4.69) is 21.2 Å². The molecule has 9 nitrogen and oxygen atoms in total. The van der Waals surface area contributed by atoms with Crippen molar-refractivity contribution in [2.75, 3.05) is 25.1 Å². The molecule has 0 spiro atoms. The van der Waals surface area contributed by atoms with Crippen LogP contribution in [0.15, 0.2) is 76.1 Å². The summed E-state index contributed by atoms with van der Waals surface area (Å²) in [6.07, 6.45) is 3.90. The number of hydrogen-bond acceptors (Lipinski definition) is 6. The SMILES string of the molecule is COc1ccc(OC)c(N(CC(=O)N(Cc2ccc(Br)cc2)[C@@H](C)C(=O)NC2CCCC2)S(=O)(=O)c2ccc(C)cc2)c1. The molecule has 0 saturated heterocycles. The van der Waals surface area contributed by atoms with Crippen LogP contribution in [0, 0.1) is 6.92 Å². The van der Waals surface area contributed by atoms with Gasteiger partial charge < -0.3 is 19.7 Å². The third kappa shape index (κ3) is 7.88. The number of sulfonamides is 1. The van der Waals surface area contributed by atoms with Gasteiger partial charge in [-0.25, -0.2) is 8.42 Å². The molecule has 1 aliphatic rings. The first kappa shape index (κ1) is 32.3. The number of ether oxygens (including phenoxy) is 2. The maximum atomic E-state index is 14.2. The average molecular weight is 673 g/mol. The molecule has 0 heterocycles. The fraction of sp³-hybridized carbons (Fsp3) is 0.375. The van der Waals surface area contributed by atoms with E-state index in [1.807, 2.05) is 31.2 Å². The van der Waals surface area contributed by atoms with Gasteiger partial charge >= 0.3 is 0 Å². The molecule has 3 aromatic carbocycles. The first-order valence-corrected chi connectivity index (χ1v) is 16.4. The van der Waals surface area contributed by atoms with E-state index in [4.69, 9.17) is 9.47 Å². The van der Waals surface area contributed by atoms with Gasteiger partial charge in [-0.2, -0.15) is 0 Å². The molecule has 3 aromatic rings. The smallest absolute Gasteiger partial charge is 0.264 e. The van der Waals surface area contributed by atoms with Gasteiger partial charge in [-0.15, -0.1) is 0 Å². The zero-order valence-corrected chi connectivity index (χ0v) is 27.3. The Morgan fingerprint density at radius 2 is 1.63 bits per heavy atom. The topological polar surface area (TPSA) is 105 Å². The van der Waals surface area contributed by atoms with Gasteiger partial charge in [0.05, 0.1) is 24.8 Å². The van der Waals surface area contributed by atoms with Crippen LogP contribution in [0.4, 0.5) is 5.69 Å². The second-order valence-corrected chi connectivity index (χ2v) is 13.5. The maximum Gasteiger partial charge on any atom is 0.264 e. The lowest BCUT2D eigenvalue weighted by molar-refractivity contribution is -0.139. The van der Waals surface area contributed by atoms with Crippen molar-refractivity contribution in [3.05, 3.63) is 82.3 Å². The lowest BCUT2D eigenvalue weighted by atomic mass is 10.1. The van der Waals surface area contributed by atoms with Crippen molar-refractivity contribution >= 4 is 43.5 Å². The number of nitrogens with zero attached hydrogens (tertiary/aromatic N) is 2. The molecule has 0 radical (unpaired) electrons. The molecular weight excluding hydrogens is 634 g/mol. The van der Waals surface area contributed by atoms with Gasteiger partial charge in [0.15, 0.2) is 0 Å².